The summed E-state index contributed by atoms with van der Waals surface area (Å²) in [6, 6.07) is 24.2. The molecule has 1 aromatic heterocycles. The first kappa shape index (κ1) is 23.1. The SMILES string of the molecule is O=C(Nc1cccc(SC2=C(Nc3ccccc3)C(=O)N(c3ccc(F)cc3)C2=O)c1)c1ccco1. The fourth-order valence-corrected chi connectivity index (χ4v) is 4.55. The summed E-state index contributed by atoms with van der Waals surface area (Å²) in [5.41, 5.74) is 1.48. The maximum absolute atomic E-state index is 13.5. The molecule has 3 aromatic carbocycles. The van der Waals surface area contributed by atoms with E-state index in [4.69, 9.17) is 4.42 Å². The second kappa shape index (κ2) is 9.93. The lowest BCUT2D eigenvalue weighted by molar-refractivity contribution is -0.120. The Kier molecular flexibility index (Phi) is 6.38. The predicted molar refractivity (Wildman–Crippen MR) is 135 cm³/mol. The highest BCUT2D eigenvalue weighted by Gasteiger charge is 2.40. The molecule has 0 aliphatic carbocycles. The van der Waals surface area contributed by atoms with Crippen LogP contribution in [0, 0.1) is 5.82 Å². The maximum Gasteiger partial charge on any atom is 0.291 e. The van der Waals surface area contributed by atoms with Crippen molar-refractivity contribution in [2.24, 2.45) is 0 Å². The molecular formula is C27H18FN3O4S. The minimum Gasteiger partial charge on any atom is -0.459 e. The van der Waals surface area contributed by atoms with Crippen molar-refractivity contribution in [3.05, 3.63) is 119 Å². The molecule has 1 aliphatic heterocycles. The number of nitrogens with zero attached hydrogens (tertiary/aromatic N) is 1. The number of furan rings is 1. The number of nitrogens with one attached hydrogen (secondary N) is 2. The Labute approximate surface area is 209 Å². The first-order chi connectivity index (χ1) is 17.5. The predicted octanol–water partition coefficient (Wildman–Crippen LogP) is 5.66. The number of carbonyl (C=O) groups is 3. The second-order valence-corrected chi connectivity index (χ2v) is 8.76. The first-order valence-corrected chi connectivity index (χ1v) is 11.6. The third-order valence-corrected chi connectivity index (χ3v) is 6.30. The summed E-state index contributed by atoms with van der Waals surface area (Å²) in [5, 5.41) is 5.80. The van der Waals surface area contributed by atoms with E-state index in [0.29, 0.717) is 16.3 Å². The van der Waals surface area contributed by atoms with E-state index in [2.05, 4.69) is 10.6 Å². The van der Waals surface area contributed by atoms with Crippen LogP contribution < -0.4 is 15.5 Å². The summed E-state index contributed by atoms with van der Waals surface area (Å²) in [7, 11) is 0. The van der Waals surface area contributed by atoms with Crippen LogP contribution in [0.15, 0.2) is 117 Å². The molecule has 4 aromatic rings. The van der Waals surface area contributed by atoms with Crippen molar-refractivity contribution in [3.63, 3.8) is 0 Å². The van der Waals surface area contributed by atoms with E-state index in [1.807, 2.05) is 6.07 Å². The van der Waals surface area contributed by atoms with E-state index < -0.39 is 23.5 Å². The van der Waals surface area contributed by atoms with Gasteiger partial charge in [-0.1, -0.05) is 36.0 Å². The van der Waals surface area contributed by atoms with Gasteiger partial charge in [0.05, 0.1) is 12.0 Å². The van der Waals surface area contributed by atoms with Crippen molar-refractivity contribution in [2.45, 2.75) is 4.90 Å². The van der Waals surface area contributed by atoms with E-state index in [9.17, 15) is 18.8 Å². The van der Waals surface area contributed by atoms with Crippen LogP contribution in [-0.4, -0.2) is 17.7 Å². The van der Waals surface area contributed by atoms with Crippen LogP contribution in [0.1, 0.15) is 10.6 Å². The second-order valence-electron chi connectivity index (χ2n) is 7.68. The molecule has 0 radical (unpaired) electrons. The van der Waals surface area contributed by atoms with E-state index >= 15 is 0 Å². The molecule has 0 unspecified atom stereocenters. The molecule has 36 heavy (non-hydrogen) atoms. The van der Waals surface area contributed by atoms with Crippen LogP contribution in [0.25, 0.3) is 0 Å². The highest BCUT2D eigenvalue weighted by molar-refractivity contribution is 8.04. The number of imide groups is 1. The Hall–Kier alpha value is -4.63. The molecule has 2 N–H and O–H groups in total. The molecule has 0 fully saturated rings. The average molecular weight is 500 g/mol. The van der Waals surface area contributed by atoms with Crippen LogP contribution in [-0.2, 0) is 9.59 Å². The number of amides is 3. The minimum absolute atomic E-state index is 0.102. The number of hydrogen-bond donors (Lipinski definition) is 2. The van der Waals surface area contributed by atoms with Gasteiger partial charge in [-0.05, 0) is 66.7 Å². The fourth-order valence-electron chi connectivity index (χ4n) is 3.56. The number of hydrogen-bond acceptors (Lipinski definition) is 6. The summed E-state index contributed by atoms with van der Waals surface area (Å²) in [6.45, 7) is 0. The molecule has 0 atom stereocenters. The number of benzene rings is 3. The van der Waals surface area contributed by atoms with Crippen LogP contribution in [0.2, 0.25) is 0 Å². The molecule has 2 heterocycles. The number of para-hydroxylation sites is 1. The quantitative estimate of drug-likeness (QED) is 0.319. The van der Waals surface area contributed by atoms with Gasteiger partial charge in [0.1, 0.15) is 16.4 Å². The summed E-state index contributed by atoms with van der Waals surface area (Å²) >= 11 is 1.09. The Morgan fingerprint density at radius 1 is 0.833 bits per heavy atom. The highest BCUT2D eigenvalue weighted by atomic mass is 32.2. The molecule has 1 aliphatic rings. The molecule has 7 nitrogen and oxygen atoms in total. The Morgan fingerprint density at radius 3 is 2.31 bits per heavy atom. The lowest BCUT2D eigenvalue weighted by atomic mass is 10.3. The largest absolute Gasteiger partial charge is 0.459 e. The summed E-state index contributed by atoms with van der Waals surface area (Å²) in [5.74, 6) is -1.82. The van der Waals surface area contributed by atoms with Crippen LogP contribution >= 0.6 is 11.8 Å². The standard InChI is InChI=1S/C27H18FN3O4S/c28-17-11-13-20(14-12-17)31-26(33)23(29-18-6-2-1-3-7-18)24(27(31)34)36-21-9-4-8-19(16-21)30-25(32)22-10-5-15-35-22/h1-16,29H,(H,30,32). The van der Waals surface area contributed by atoms with Crippen molar-refractivity contribution < 1.29 is 23.2 Å². The van der Waals surface area contributed by atoms with Crippen molar-refractivity contribution in [2.75, 3.05) is 15.5 Å². The van der Waals surface area contributed by atoms with Gasteiger partial charge >= 0.3 is 0 Å². The van der Waals surface area contributed by atoms with E-state index in [0.717, 1.165) is 16.7 Å². The molecule has 3 amide bonds. The van der Waals surface area contributed by atoms with Gasteiger partial charge in [-0.25, -0.2) is 9.29 Å². The number of carbonyl (C=O) groups excluding carboxylic acids is 3. The minimum atomic E-state index is -0.555. The lowest BCUT2D eigenvalue weighted by Crippen LogP contribution is -2.32. The van der Waals surface area contributed by atoms with E-state index in [1.54, 1.807) is 60.7 Å². The normalized spacial score (nSPS) is 13.3. The van der Waals surface area contributed by atoms with Crippen molar-refractivity contribution in [1.29, 1.82) is 0 Å². The summed E-state index contributed by atoms with van der Waals surface area (Å²) in [6.07, 6.45) is 1.41. The molecule has 0 saturated heterocycles. The summed E-state index contributed by atoms with van der Waals surface area (Å²) < 4.78 is 18.6. The number of halogens is 1. The molecule has 0 saturated carbocycles. The molecule has 9 heteroatoms. The van der Waals surface area contributed by atoms with Crippen LogP contribution in [0.4, 0.5) is 21.5 Å². The maximum atomic E-state index is 13.5. The average Bonchev–Trinajstić information content (AvgIpc) is 3.50. The summed E-state index contributed by atoms with van der Waals surface area (Å²) in [4.78, 5) is 40.9. The molecular weight excluding hydrogens is 481 g/mol. The number of thioether (sulfide) groups is 1. The number of rotatable bonds is 7. The van der Waals surface area contributed by atoms with Gasteiger partial charge in [-0.15, -0.1) is 0 Å². The Morgan fingerprint density at radius 2 is 1.58 bits per heavy atom. The van der Waals surface area contributed by atoms with Gasteiger partial charge in [-0.3, -0.25) is 14.4 Å². The van der Waals surface area contributed by atoms with Crippen LogP contribution in [0.3, 0.4) is 0 Å². The Balaban J connectivity index is 1.46. The zero-order valence-electron chi connectivity index (χ0n) is 18.6. The molecule has 5 rings (SSSR count). The third kappa shape index (κ3) is 4.77. The Bertz CT molecular complexity index is 1470. The zero-order chi connectivity index (χ0) is 25.1. The fraction of sp³-hybridized carbons (Fsp3) is 0. The lowest BCUT2D eigenvalue weighted by Gasteiger charge is -2.15. The third-order valence-electron chi connectivity index (χ3n) is 5.23. The smallest absolute Gasteiger partial charge is 0.291 e. The monoisotopic (exact) mass is 499 g/mol. The van der Waals surface area contributed by atoms with Gasteiger partial charge in [0.25, 0.3) is 17.7 Å². The molecule has 178 valence electrons. The van der Waals surface area contributed by atoms with E-state index in [1.165, 1.54) is 30.5 Å². The van der Waals surface area contributed by atoms with Crippen molar-refractivity contribution in [3.8, 4) is 0 Å². The first-order valence-electron chi connectivity index (χ1n) is 10.8. The topological polar surface area (TPSA) is 91.7 Å². The van der Waals surface area contributed by atoms with Crippen molar-refractivity contribution in [1.82, 2.24) is 0 Å². The van der Waals surface area contributed by atoms with Gasteiger partial charge in [-0.2, -0.15) is 0 Å². The van der Waals surface area contributed by atoms with Gasteiger partial charge in [0.15, 0.2) is 5.76 Å². The van der Waals surface area contributed by atoms with Gasteiger partial charge in [0, 0.05) is 16.3 Å². The zero-order valence-corrected chi connectivity index (χ0v) is 19.4. The van der Waals surface area contributed by atoms with E-state index in [-0.39, 0.29) is 22.0 Å². The molecule has 0 spiro atoms. The van der Waals surface area contributed by atoms with Crippen LogP contribution in [0.5, 0.6) is 0 Å². The van der Waals surface area contributed by atoms with Gasteiger partial charge in [0.2, 0.25) is 0 Å². The highest BCUT2D eigenvalue weighted by Crippen LogP contribution is 2.38. The molecule has 0 bridgehead atoms. The van der Waals surface area contributed by atoms with Gasteiger partial charge < -0.3 is 15.1 Å². The van der Waals surface area contributed by atoms with Crippen molar-refractivity contribution >= 4 is 46.5 Å². The number of anilines is 3.